The first-order chi connectivity index (χ1) is 12.6. The van der Waals surface area contributed by atoms with Gasteiger partial charge in [0.1, 0.15) is 0 Å². The predicted octanol–water partition coefficient (Wildman–Crippen LogP) is 1.52. The zero-order valence-corrected chi connectivity index (χ0v) is 18.6. The molecule has 0 unspecified atom stereocenters. The van der Waals surface area contributed by atoms with Crippen molar-refractivity contribution in [2.45, 2.75) is 19.4 Å². The van der Waals surface area contributed by atoms with E-state index in [1.54, 1.807) is 28.4 Å². The molecule has 9 heteroatoms. The molecule has 152 valence electrons. The molecule has 3 N–H and O–H groups in total. The normalized spacial score (nSPS) is 13.3. The van der Waals surface area contributed by atoms with Crippen molar-refractivity contribution in [1.29, 1.82) is 0 Å². The third-order valence-electron chi connectivity index (χ3n) is 4.07. The Balaban J connectivity index is 0.00000364. The number of benzene rings is 1. The summed E-state index contributed by atoms with van der Waals surface area (Å²) in [5, 5.41) is 9.30. The second-order valence-corrected chi connectivity index (χ2v) is 5.95. The molecule has 0 saturated heterocycles. The van der Waals surface area contributed by atoms with Gasteiger partial charge in [-0.2, -0.15) is 0 Å². The summed E-state index contributed by atoms with van der Waals surface area (Å²) in [5.74, 6) is 2.80. The van der Waals surface area contributed by atoms with E-state index in [4.69, 9.17) is 14.2 Å². The number of carbonyl (C=O) groups excluding carboxylic acids is 1. The van der Waals surface area contributed by atoms with Gasteiger partial charge in [-0.3, -0.25) is 9.79 Å². The summed E-state index contributed by atoms with van der Waals surface area (Å²) < 4.78 is 16.0. The number of guanidine groups is 1. The van der Waals surface area contributed by atoms with Crippen LogP contribution in [0.4, 0.5) is 0 Å². The second-order valence-electron chi connectivity index (χ2n) is 5.95. The molecule has 1 saturated carbocycles. The van der Waals surface area contributed by atoms with E-state index in [0.717, 1.165) is 18.4 Å². The third-order valence-corrected chi connectivity index (χ3v) is 4.07. The SMILES string of the molecule is CN=C(NCCNC(=O)C1CC1)NCc1cc(OC)c(OC)c(OC)c1.I. The molecular weight excluding hydrogens is 463 g/mol. The van der Waals surface area contributed by atoms with Crippen molar-refractivity contribution in [3.8, 4) is 17.2 Å². The van der Waals surface area contributed by atoms with Crippen molar-refractivity contribution in [1.82, 2.24) is 16.0 Å². The van der Waals surface area contributed by atoms with Gasteiger partial charge in [-0.1, -0.05) is 0 Å². The Morgan fingerprint density at radius 2 is 1.63 bits per heavy atom. The number of amides is 1. The van der Waals surface area contributed by atoms with Crippen molar-refractivity contribution in [3.05, 3.63) is 17.7 Å². The minimum atomic E-state index is 0. The van der Waals surface area contributed by atoms with Gasteiger partial charge in [0.05, 0.1) is 21.3 Å². The second kappa shape index (κ2) is 11.7. The summed E-state index contributed by atoms with van der Waals surface area (Å²) in [6.07, 6.45) is 2.02. The molecule has 0 bridgehead atoms. The van der Waals surface area contributed by atoms with Crippen LogP contribution in [0.1, 0.15) is 18.4 Å². The molecule has 0 aliphatic heterocycles. The number of carbonyl (C=O) groups is 1. The molecule has 8 nitrogen and oxygen atoms in total. The van der Waals surface area contributed by atoms with Gasteiger partial charge in [0.25, 0.3) is 0 Å². The summed E-state index contributed by atoms with van der Waals surface area (Å²) in [7, 11) is 6.45. The number of nitrogens with zero attached hydrogens (tertiary/aromatic N) is 1. The minimum absolute atomic E-state index is 0. The van der Waals surface area contributed by atoms with Crippen LogP contribution in [0, 0.1) is 5.92 Å². The molecule has 0 aromatic heterocycles. The van der Waals surface area contributed by atoms with E-state index in [0.29, 0.717) is 42.8 Å². The molecule has 1 amide bonds. The fraction of sp³-hybridized carbons (Fsp3) is 0.556. The molecule has 0 heterocycles. The predicted molar refractivity (Wildman–Crippen MR) is 115 cm³/mol. The number of hydrogen-bond acceptors (Lipinski definition) is 5. The van der Waals surface area contributed by atoms with Crippen LogP contribution in [0.15, 0.2) is 17.1 Å². The van der Waals surface area contributed by atoms with E-state index in [1.165, 1.54) is 0 Å². The van der Waals surface area contributed by atoms with E-state index >= 15 is 0 Å². The van der Waals surface area contributed by atoms with Crippen molar-refractivity contribution in [2.24, 2.45) is 10.9 Å². The molecule has 2 rings (SSSR count). The number of ether oxygens (including phenoxy) is 3. The topological polar surface area (TPSA) is 93.2 Å². The lowest BCUT2D eigenvalue weighted by molar-refractivity contribution is -0.122. The van der Waals surface area contributed by atoms with Crippen LogP contribution in [-0.2, 0) is 11.3 Å². The number of aliphatic imine (C=N–C) groups is 1. The van der Waals surface area contributed by atoms with E-state index in [9.17, 15) is 4.79 Å². The smallest absolute Gasteiger partial charge is 0.223 e. The molecular formula is C18H29IN4O4. The van der Waals surface area contributed by atoms with Crippen LogP contribution >= 0.6 is 24.0 Å². The van der Waals surface area contributed by atoms with Crippen molar-refractivity contribution in [2.75, 3.05) is 41.5 Å². The zero-order valence-electron chi connectivity index (χ0n) is 16.3. The number of rotatable bonds is 9. The van der Waals surface area contributed by atoms with E-state index in [1.807, 2.05) is 12.1 Å². The summed E-state index contributed by atoms with van der Waals surface area (Å²) in [6, 6.07) is 3.77. The van der Waals surface area contributed by atoms with Crippen molar-refractivity contribution < 1.29 is 19.0 Å². The van der Waals surface area contributed by atoms with Crippen LogP contribution in [0.25, 0.3) is 0 Å². The van der Waals surface area contributed by atoms with Crippen LogP contribution in [0.3, 0.4) is 0 Å². The molecule has 0 atom stereocenters. The molecule has 1 fully saturated rings. The lowest BCUT2D eigenvalue weighted by Gasteiger charge is -2.16. The van der Waals surface area contributed by atoms with Gasteiger partial charge in [-0.15, -0.1) is 24.0 Å². The fourth-order valence-corrected chi connectivity index (χ4v) is 2.50. The van der Waals surface area contributed by atoms with Crippen LogP contribution in [0.2, 0.25) is 0 Å². The lowest BCUT2D eigenvalue weighted by atomic mass is 10.2. The van der Waals surface area contributed by atoms with Crippen molar-refractivity contribution >= 4 is 35.8 Å². The standard InChI is InChI=1S/C18H28N4O4.HI/c1-19-18(21-8-7-20-17(23)13-5-6-13)22-11-12-9-14(24-2)16(26-4)15(10-12)25-3;/h9-10,13H,5-8,11H2,1-4H3,(H,20,23)(H2,19,21,22);1H. The van der Waals surface area contributed by atoms with Crippen LogP contribution in [0.5, 0.6) is 17.2 Å². The van der Waals surface area contributed by atoms with Crippen LogP contribution < -0.4 is 30.2 Å². The Morgan fingerprint density at radius 3 is 2.11 bits per heavy atom. The van der Waals surface area contributed by atoms with Gasteiger partial charge >= 0.3 is 0 Å². The van der Waals surface area contributed by atoms with E-state index in [-0.39, 0.29) is 35.8 Å². The lowest BCUT2D eigenvalue weighted by Crippen LogP contribution is -2.41. The molecule has 0 spiro atoms. The molecule has 1 aliphatic rings. The molecule has 27 heavy (non-hydrogen) atoms. The molecule has 1 aliphatic carbocycles. The minimum Gasteiger partial charge on any atom is -0.493 e. The summed E-state index contributed by atoms with van der Waals surface area (Å²) in [6.45, 7) is 1.71. The first-order valence-corrected chi connectivity index (χ1v) is 8.64. The van der Waals surface area contributed by atoms with E-state index < -0.39 is 0 Å². The highest BCUT2D eigenvalue weighted by atomic mass is 127. The Bertz CT molecular complexity index is 625. The van der Waals surface area contributed by atoms with Gasteiger partial charge in [0.15, 0.2) is 17.5 Å². The van der Waals surface area contributed by atoms with Gasteiger partial charge in [0.2, 0.25) is 11.7 Å². The van der Waals surface area contributed by atoms with Crippen molar-refractivity contribution in [3.63, 3.8) is 0 Å². The highest BCUT2D eigenvalue weighted by Crippen LogP contribution is 2.38. The maximum atomic E-state index is 11.6. The zero-order chi connectivity index (χ0) is 18.9. The maximum Gasteiger partial charge on any atom is 0.223 e. The molecule has 1 aromatic rings. The summed E-state index contributed by atoms with van der Waals surface area (Å²) in [4.78, 5) is 15.8. The largest absolute Gasteiger partial charge is 0.493 e. The van der Waals surface area contributed by atoms with Gasteiger partial charge in [-0.25, -0.2) is 0 Å². The first kappa shape index (κ1) is 23.1. The highest BCUT2D eigenvalue weighted by molar-refractivity contribution is 14.0. The Morgan fingerprint density at radius 1 is 1.04 bits per heavy atom. The van der Waals surface area contributed by atoms with Gasteiger partial charge < -0.3 is 30.2 Å². The maximum absolute atomic E-state index is 11.6. The average Bonchev–Trinajstić information content (AvgIpc) is 3.51. The fourth-order valence-electron chi connectivity index (χ4n) is 2.50. The summed E-state index contributed by atoms with van der Waals surface area (Å²) in [5.41, 5.74) is 0.962. The molecule has 0 radical (unpaired) electrons. The monoisotopic (exact) mass is 492 g/mol. The Hall–Kier alpha value is -1.91. The number of methoxy groups -OCH3 is 3. The number of nitrogens with one attached hydrogen (secondary N) is 3. The quantitative estimate of drug-likeness (QED) is 0.210. The number of hydrogen-bond donors (Lipinski definition) is 3. The molecule has 1 aromatic carbocycles. The number of halogens is 1. The van der Waals surface area contributed by atoms with Gasteiger partial charge in [-0.05, 0) is 30.5 Å². The highest BCUT2D eigenvalue weighted by Gasteiger charge is 2.28. The van der Waals surface area contributed by atoms with E-state index in [2.05, 4.69) is 20.9 Å². The average molecular weight is 492 g/mol. The first-order valence-electron chi connectivity index (χ1n) is 8.64. The van der Waals surface area contributed by atoms with Crippen LogP contribution in [-0.4, -0.2) is 53.3 Å². The third kappa shape index (κ3) is 6.96. The Kier molecular flexibility index (Phi) is 10.0. The Labute approximate surface area is 177 Å². The van der Waals surface area contributed by atoms with Gasteiger partial charge in [0, 0.05) is 32.6 Å². The summed E-state index contributed by atoms with van der Waals surface area (Å²) >= 11 is 0.